The summed E-state index contributed by atoms with van der Waals surface area (Å²) in [4.78, 5) is 24.1. The SMILES string of the molecule is C[C@H]1CCCC[C@H]1NC(=O)CO/N=C(\N)c1cccnc1N1CCCCC1. The summed E-state index contributed by atoms with van der Waals surface area (Å²) in [7, 11) is 0. The number of piperidine rings is 1. The fourth-order valence-corrected chi connectivity index (χ4v) is 3.94. The second-order valence-corrected chi connectivity index (χ2v) is 7.61. The van der Waals surface area contributed by atoms with Crippen molar-refractivity contribution in [1.82, 2.24) is 10.3 Å². The number of hydrogen-bond acceptors (Lipinski definition) is 5. The number of hydrogen-bond donors (Lipinski definition) is 2. The first-order chi connectivity index (χ1) is 13.1. The number of amides is 1. The van der Waals surface area contributed by atoms with Crippen LogP contribution in [-0.4, -0.2) is 42.5 Å². The Hall–Kier alpha value is -2.31. The van der Waals surface area contributed by atoms with Crippen molar-refractivity contribution in [2.24, 2.45) is 16.8 Å². The molecule has 1 amide bonds. The highest BCUT2D eigenvalue weighted by atomic mass is 16.6. The highest BCUT2D eigenvalue weighted by Crippen LogP contribution is 2.24. The van der Waals surface area contributed by atoms with Gasteiger partial charge in [0.05, 0.1) is 5.56 Å². The third-order valence-corrected chi connectivity index (χ3v) is 5.53. The first kappa shape index (κ1) is 19.5. The Morgan fingerprint density at radius 2 is 2.07 bits per heavy atom. The number of rotatable bonds is 6. The summed E-state index contributed by atoms with van der Waals surface area (Å²) in [6.45, 7) is 4.01. The predicted molar refractivity (Wildman–Crippen MR) is 107 cm³/mol. The van der Waals surface area contributed by atoms with Crippen LogP contribution in [0.4, 0.5) is 5.82 Å². The lowest BCUT2D eigenvalue weighted by Crippen LogP contribution is -2.42. The van der Waals surface area contributed by atoms with Gasteiger partial charge in [-0.2, -0.15) is 0 Å². The van der Waals surface area contributed by atoms with Crippen LogP contribution in [0.5, 0.6) is 0 Å². The molecular weight excluding hydrogens is 342 g/mol. The number of pyridine rings is 1. The standard InChI is InChI=1S/C20H31N5O2/c1-15-8-3-4-10-17(15)23-18(26)14-27-24-19(21)16-9-7-11-22-20(16)25-12-5-2-6-13-25/h7,9,11,15,17H,2-6,8,10,12-14H2,1H3,(H2,21,24)(H,23,26)/t15-,17+/m0/s1. The predicted octanol–water partition coefficient (Wildman–Crippen LogP) is 2.40. The van der Waals surface area contributed by atoms with E-state index in [2.05, 4.69) is 27.3 Å². The lowest BCUT2D eigenvalue weighted by molar-refractivity contribution is -0.126. The highest BCUT2D eigenvalue weighted by molar-refractivity contribution is 6.01. The smallest absolute Gasteiger partial charge is 0.261 e. The summed E-state index contributed by atoms with van der Waals surface area (Å²) < 4.78 is 0. The van der Waals surface area contributed by atoms with Gasteiger partial charge in [0.25, 0.3) is 5.91 Å². The lowest BCUT2D eigenvalue weighted by atomic mass is 9.86. The molecule has 7 heteroatoms. The number of anilines is 1. The van der Waals surface area contributed by atoms with Crippen LogP contribution in [0, 0.1) is 5.92 Å². The van der Waals surface area contributed by atoms with Crippen LogP contribution >= 0.6 is 0 Å². The minimum absolute atomic E-state index is 0.122. The fraction of sp³-hybridized carbons (Fsp3) is 0.650. The van der Waals surface area contributed by atoms with Crippen LogP contribution < -0.4 is 16.0 Å². The molecule has 1 aliphatic heterocycles. The van der Waals surface area contributed by atoms with Gasteiger partial charge in [-0.1, -0.05) is 24.9 Å². The highest BCUT2D eigenvalue weighted by Gasteiger charge is 2.23. The van der Waals surface area contributed by atoms with E-state index in [1.807, 2.05) is 12.1 Å². The second kappa shape index (κ2) is 9.58. The number of oxime groups is 1. The maximum atomic E-state index is 12.1. The lowest BCUT2D eigenvalue weighted by Gasteiger charge is -2.29. The van der Waals surface area contributed by atoms with Crippen LogP contribution in [-0.2, 0) is 9.63 Å². The molecule has 0 unspecified atom stereocenters. The van der Waals surface area contributed by atoms with Gasteiger partial charge in [-0.15, -0.1) is 0 Å². The van der Waals surface area contributed by atoms with Crippen LogP contribution in [0.2, 0.25) is 0 Å². The summed E-state index contributed by atoms with van der Waals surface area (Å²) in [5.74, 6) is 1.46. The Balaban J connectivity index is 1.55. The molecule has 2 heterocycles. The van der Waals surface area contributed by atoms with E-state index in [9.17, 15) is 4.79 Å². The molecule has 1 aromatic rings. The normalized spacial score (nSPS) is 23.7. The van der Waals surface area contributed by atoms with Gasteiger partial charge in [0.2, 0.25) is 0 Å². The zero-order valence-corrected chi connectivity index (χ0v) is 16.2. The van der Waals surface area contributed by atoms with Crippen molar-refractivity contribution in [2.45, 2.75) is 57.9 Å². The minimum Gasteiger partial charge on any atom is -0.384 e. The monoisotopic (exact) mass is 373 g/mol. The van der Waals surface area contributed by atoms with Crippen molar-refractivity contribution < 1.29 is 9.63 Å². The maximum Gasteiger partial charge on any atom is 0.261 e. The first-order valence-electron chi connectivity index (χ1n) is 10.1. The number of nitrogens with one attached hydrogen (secondary N) is 1. The van der Waals surface area contributed by atoms with E-state index in [0.29, 0.717) is 5.92 Å². The quantitative estimate of drug-likeness (QED) is 0.454. The van der Waals surface area contributed by atoms with Gasteiger partial charge >= 0.3 is 0 Å². The first-order valence-corrected chi connectivity index (χ1v) is 10.1. The number of nitrogens with two attached hydrogens (primary N) is 1. The van der Waals surface area contributed by atoms with Gasteiger partial charge in [0, 0.05) is 25.3 Å². The molecule has 2 aliphatic rings. The van der Waals surface area contributed by atoms with Crippen molar-refractivity contribution in [3.8, 4) is 0 Å². The Kier molecular flexibility index (Phi) is 6.90. The molecule has 1 aromatic heterocycles. The van der Waals surface area contributed by atoms with Gasteiger partial charge in [-0.25, -0.2) is 4.98 Å². The molecule has 2 fully saturated rings. The Morgan fingerprint density at radius 3 is 2.85 bits per heavy atom. The van der Waals surface area contributed by atoms with Gasteiger partial charge < -0.3 is 20.8 Å². The van der Waals surface area contributed by atoms with Crippen molar-refractivity contribution in [3.05, 3.63) is 23.9 Å². The van der Waals surface area contributed by atoms with Gasteiger partial charge in [-0.3, -0.25) is 4.79 Å². The molecular formula is C20H31N5O2. The molecule has 2 atom stereocenters. The van der Waals surface area contributed by atoms with E-state index in [1.54, 1.807) is 6.20 Å². The van der Waals surface area contributed by atoms with E-state index in [0.717, 1.165) is 50.2 Å². The summed E-state index contributed by atoms with van der Waals surface area (Å²) in [6.07, 6.45) is 9.94. The van der Waals surface area contributed by atoms with E-state index in [-0.39, 0.29) is 24.4 Å². The van der Waals surface area contributed by atoms with Crippen LogP contribution in [0.3, 0.4) is 0 Å². The van der Waals surface area contributed by atoms with Crippen molar-refractivity contribution in [2.75, 3.05) is 24.6 Å². The molecule has 0 bridgehead atoms. The van der Waals surface area contributed by atoms with Crippen molar-refractivity contribution in [1.29, 1.82) is 0 Å². The molecule has 0 aromatic carbocycles. The Bertz CT molecular complexity index is 658. The second-order valence-electron chi connectivity index (χ2n) is 7.61. The van der Waals surface area contributed by atoms with Gasteiger partial charge in [0.15, 0.2) is 12.4 Å². The molecule has 1 saturated carbocycles. The minimum atomic E-state index is -0.146. The molecule has 1 aliphatic carbocycles. The molecule has 27 heavy (non-hydrogen) atoms. The van der Waals surface area contributed by atoms with Gasteiger partial charge in [-0.05, 0) is 50.2 Å². The number of carbonyl (C=O) groups excluding carboxylic acids is 1. The largest absolute Gasteiger partial charge is 0.384 e. The van der Waals surface area contributed by atoms with E-state index in [1.165, 1.54) is 19.3 Å². The average Bonchev–Trinajstić information content (AvgIpc) is 2.70. The third kappa shape index (κ3) is 5.34. The van der Waals surface area contributed by atoms with Crippen molar-refractivity contribution >= 4 is 17.6 Å². The Labute approximate surface area is 161 Å². The van der Waals surface area contributed by atoms with E-state index < -0.39 is 0 Å². The van der Waals surface area contributed by atoms with Crippen molar-refractivity contribution in [3.63, 3.8) is 0 Å². The molecule has 148 valence electrons. The average molecular weight is 374 g/mol. The molecule has 3 N–H and O–H groups in total. The third-order valence-electron chi connectivity index (χ3n) is 5.53. The molecule has 3 rings (SSSR count). The Morgan fingerprint density at radius 1 is 1.30 bits per heavy atom. The summed E-state index contributed by atoms with van der Waals surface area (Å²) >= 11 is 0. The topological polar surface area (TPSA) is 92.8 Å². The summed E-state index contributed by atoms with van der Waals surface area (Å²) in [5, 5.41) is 7.02. The van der Waals surface area contributed by atoms with Crippen LogP contribution in [0.1, 0.15) is 57.4 Å². The maximum absolute atomic E-state index is 12.1. The zero-order valence-electron chi connectivity index (χ0n) is 16.2. The number of nitrogens with zero attached hydrogens (tertiary/aromatic N) is 3. The molecule has 1 saturated heterocycles. The number of aromatic nitrogens is 1. The van der Waals surface area contributed by atoms with Gasteiger partial charge in [0.1, 0.15) is 5.82 Å². The van der Waals surface area contributed by atoms with Crippen LogP contribution in [0.25, 0.3) is 0 Å². The number of carbonyl (C=O) groups is 1. The van der Waals surface area contributed by atoms with E-state index in [4.69, 9.17) is 10.6 Å². The van der Waals surface area contributed by atoms with E-state index >= 15 is 0 Å². The summed E-state index contributed by atoms with van der Waals surface area (Å²) in [6, 6.07) is 3.96. The van der Waals surface area contributed by atoms with Crippen LogP contribution in [0.15, 0.2) is 23.5 Å². The molecule has 0 radical (unpaired) electrons. The zero-order chi connectivity index (χ0) is 19.1. The number of amidine groups is 1. The molecule has 7 nitrogen and oxygen atoms in total. The fourth-order valence-electron chi connectivity index (χ4n) is 3.94. The summed E-state index contributed by atoms with van der Waals surface area (Å²) in [5.41, 5.74) is 6.87. The molecule has 0 spiro atoms.